The van der Waals surface area contributed by atoms with Gasteiger partial charge in [0.25, 0.3) is 5.91 Å². The molecule has 2 aliphatic rings. The van der Waals surface area contributed by atoms with E-state index in [0.717, 1.165) is 11.3 Å². The summed E-state index contributed by atoms with van der Waals surface area (Å²) in [6.45, 7) is 4.02. The quantitative estimate of drug-likeness (QED) is 0.288. The summed E-state index contributed by atoms with van der Waals surface area (Å²) in [6.07, 6.45) is 0.823. The second-order valence-electron chi connectivity index (χ2n) is 10.5. The van der Waals surface area contributed by atoms with Crippen LogP contribution in [0.3, 0.4) is 0 Å². The molecule has 1 aliphatic carbocycles. The predicted molar refractivity (Wildman–Crippen MR) is 163 cm³/mol. The SMILES string of the molecule is CCOc1cc([C@H]2C(C(=O)Nc3ccc(OC)cc3)=C(C)NC3=C2C(=O)C[C@H](c2ccc(OC)c(OC)c2)C3)ccc1O. The first-order valence-corrected chi connectivity index (χ1v) is 14.1. The van der Waals surface area contributed by atoms with E-state index < -0.39 is 5.92 Å². The molecule has 2 atom stereocenters. The molecule has 0 bridgehead atoms. The smallest absolute Gasteiger partial charge is 0.254 e. The summed E-state index contributed by atoms with van der Waals surface area (Å²) in [5, 5.41) is 16.8. The van der Waals surface area contributed by atoms with Crippen molar-refractivity contribution in [3.8, 4) is 28.7 Å². The number of phenols is 1. The van der Waals surface area contributed by atoms with E-state index in [2.05, 4.69) is 10.6 Å². The first kappa shape index (κ1) is 29.6. The van der Waals surface area contributed by atoms with Gasteiger partial charge in [-0.25, -0.2) is 0 Å². The lowest BCUT2D eigenvalue weighted by atomic mass is 9.71. The second-order valence-corrected chi connectivity index (χ2v) is 10.5. The van der Waals surface area contributed by atoms with Crippen LogP contribution in [-0.4, -0.2) is 44.7 Å². The maximum atomic E-state index is 14.1. The third-order valence-electron chi connectivity index (χ3n) is 7.92. The first-order chi connectivity index (χ1) is 20.8. The number of hydrogen-bond acceptors (Lipinski definition) is 8. The third-order valence-corrected chi connectivity index (χ3v) is 7.92. The molecule has 0 fully saturated rings. The number of amides is 1. The molecule has 0 radical (unpaired) electrons. The van der Waals surface area contributed by atoms with Crippen molar-refractivity contribution in [2.24, 2.45) is 0 Å². The van der Waals surface area contributed by atoms with Crippen LogP contribution in [0.5, 0.6) is 28.7 Å². The van der Waals surface area contributed by atoms with E-state index in [4.69, 9.17) is 18.9 Å². The number of carbonyl (C=O) groups excluding carboxylic acids is 2. The van der Waals surface area contributed by atoms with Crippen LogP contribution < -0.4 is 29.6 Å². The van der Waals surface area contributed by atoms with Crippen molar-refractivity contribution >= 4 is 17.4 Å². The van der Waals surface area contributed by atoms with Crippen LogP contribution in [0.4, 0.5) is 5.69 Å². The number of phenolic OH excluding ortho intramolecular Hbond substituents is 1. The Morgan fingerprint density at radius 3 is 2.28 bits per heavy atom. The molecule has 9 heteroatoms. The van der Waals surface area contributed by atoms with Crippen molar-refractivity contribution < 1.29 is 33.6 Å². The Kier molecular flexibility index (Phi) is 8.61. The fourth-order valence-electron chi connectivity index (χ4n) is 5.87. The molecule has 3 N–H and O–H groups in total. The zero-order valence-corrected chi connectivity index (χ0v) is 24.9. The third kappa shape index (κ3) is 5.88. The largest absolute Gasteiger partial charge is 0.504 e. The standard InChI is InChI=1S/C34H36N2O7/c1-6-43-29-18-21(7-13-26(29)37)32-31(34(39)36-23-9-11-24(40-3)12-10-23)19(2)35-25-15-22(16-27(38)33(25)32)20-8-14-28(41-4)30(17-20)42-5/h7-14,17-18,22,32,35,37H,6,15-16H2,1-5H3,(H,36,39)/t22-,32+/m1/s1. The Morgan fingerprint density at radius 2 is 1.60 bits per heavy atom. The molecule has 43 heavy (non-hydrogen) atoms. The topological polar surface area (TPSA) is 115 Å². The number of rotatable bonds is 9. The fourth-order valence-corrected chi connectivity index (χ4v) is 5.87. The Morgan fingerprint density at radius 1 is 0.907 bits per heavy atom. The Hall–Kier alpha value is -4.92. The number of anilines is 1. The van der Waals surface area contributed by atoms with Crippen LogP contribution in [0.2, 0.25) is 0 Å². The van der Waals surface area contributed by atoms with Gasteiger partial charge in [-0.3, -0.25) is 9.59 Å². The van der Waals surface area contributed by atoms with E-state index in [9.17, 15) is 14.7 Å². The van der Waals surface area contributed by atoms with Crippen LogP contribution in [-0.2, 0) is 9.59 Å². The lowest BCUT2D eigenvalue weighted by Gasteiger charge is -2.37. The zero-order valence-electron chi connectivity index (χ0n) is 24.9. The van der Waals surface area contributed by atoms with Crippen LogP contribution >= 0.6 is 0 Å². The summed E-state index contributed by atoms with van der Waals surface area (Å²) in [4.78, 5) is 28.0. The van der Waals surface area contributed by atoms with Crippen molar-refractivity contribution in [2.75, 3.05) is 33.3 Å². The number of Topliss-reactive ketones (excluding diaryl/α,β-unsaturated/α-hetero) is 1. The number of benzene rings is 3. The van der Waals surface area contributed by atoms with Crippen LogP contribution in [0.1, 0.15) is 49.7 Å². The summed E-state index contributed by atoms with van der Waals surface area (Å²) < 4.78 is 21.8. The van der Waals surface area contributed by atoms with E-state index >= 15 is 0 Å². The molecule has 224 valence electrons. The molecular weight excluding hydrogens is 548 g/mol. The van der Waals surface area contributed by atoms with Gasteiger partial charge < -0.3 is 34.7 Å². The Bertz CT molecular complexity index is 1610. The van der Waals surface area contributed by atoms with E-state index in [1.165, 1.54) is 6.07 Å². The monoisotopic (exact) mass is 584 g/mol. The molecule has 3 aromatic carbocycles. The van der Waals surface area contributed by atoms with Gasteiger partial charge in [0.05, 0.1) is 27.9 Å². The number of aromatic hydroxyl groups is 1. The molecule has 0 saturated heterocycles. The molecule has 0 spiro atoms. The van der Waals surface area contributed by atoms with Gasteiger partial charge >= 0.3 is 0 Å². The summed E-state index contributed by atoms with van der Waals surface area (Å²) in [7, 11) is 4.75. The van der Waals surface area contributed by atoms with Gasteiger partial charge in [-0.2, -0.15) is 0 Å². The van der Waals surface area contributed by atoms with E-state index in [1.807, 2.05) is 32.0 Å². The number of methoxy groups -OCH3 is 3. The van der Waals surface area contributed by atoms with Gasteiger partial charge in [-0.1, -0.05) is 12.1 Å². The number of dihydropyridines is 1. The van der Waals surface area contributed by atoms with Crippen molar-refractivity contribution in [1.82, 2.24) is 5.32 Å². The number of ether oxygens (including phenoxy) is 4. The van der Waals surface area contributed by atoms with Gasteiger partial charge in [-0.05, 0) is 85.8 Å². The molecule has 1 heterocycles. The number of nitrogens with one attached hydrogen (secondary N) is 2. The fraction of sp³-hybridized carbons (Fsp3) is 0.294. The van der Waals surface area contributed by atoms with Crippen molar-refractivity contribution in [2.45, 2.75) is 38.5 Å². The minimum absolute atomic E-state index is 0.0119. The average molecular weight is 585 g/mol. The average Bonchev–Trinajstić information content (AvgIpc) is 3.01. The van der Waals surface area contributed by atoms with Gasteiger partial charge in [0, 0.05) is 40.6 Å². The number of hydrogen-bond donors (Lipinski definition) is 3. The zero-order chi connectivity index (χ0) is 30.7. The normalized spacial score (nSPS) is 18.0. The molecule has 0 aromatic heterocycles. The summed E-state index contributed by atoms with van der Waals surface area (Å²) in [6, 6.07) is 17.7. The predicted octanol–water partition coefficient (Wildman–Crippen LogP) is 5.82. The highest BCUT2D eigenvalue weighted by Crippen LogP contribution is 2.47. The van der Waals surface area contributed by atoms with Crippen molar-refractivity contribution in [3.63, 3.8) is 0 Å². The van der Waals surface area contributed by atoms with E-state index in [0.29, 0.717) is 64.1 Å². The van der Waals surface area contributed by atoms with Crippen molar-refractivity contribution in [3.05, 3.63) is 94.3 Å². The molecule has 5 rings (SSSR count). The highest BCUT2D eigenvalue weighted by atomic mass is 16.5. The van der Waals surface area contributed by atoms with E-state index in [-0.39, 0.29) is 29.8 Å². The highest BCUT2D eigenvalue weighted by molar-refractivity contribution is 6.10. The van der Waals surface area contributed by atoms with Gasteiger partial charge in [-0.15, -0.1) is 0 Å². The van der Waals surface area contributed by atoms with Gasteiger partial charge in [0.15, 0.2) is 28.8 Å². The van der Waals surface area contributed by atoms with Gasteiger partial charge in [0.1, 0.15) is 5.75 Å². The Labute approximate surface area is 251 Å². The molecule has 1 amide bonds. The molecule has 1 aliphatic heterocycles. The molecule has 0 unspecified atom stereocenters. The minimum atomic E-state index is -0.673. The van der Waals surface area contributed by atoms with Crippen LogP contribution in [0, 0.1) is 0 Å². The summed E-state index contributed by atoms with van der Waals surface area (Å²) >= 11 is 0. The molecular formula is C34H36N2O7. The highest BCUT2D eigenvalue weighted by Gasteiger charge is 2.41. The van der Waals surface area contributed by atoms with Crippen LogP contribution in [0.25, 0.3) is 0 Å². The molecule has 9 nitrogen and oxygen atoms in total. The minimum Gasteiger partial charge on any atom is -0.504 e. The number of carbonyl (C=O) groups is 2. The van der Waals surface area contributed by atoms with Crippen molar-refractivity contribution in [1.29, 1.82) is 0 Å². The molecule has 3 aromatic rings. The molecule has 0 saturated carbocycles. The van der Waals surface area contributed by atoms with E-state index in [1.54, 1.807) is 57.7 Å². The van der Waals surface area contributed by atoms with Crippen LogP contribution in [0.15, 0.2) is 83.2 Å². The summed E-state index contributed by atoms with van der Waals surface area (Å²) in [5.74, 6) is 0.996. The lowest BCUT2D eigenvalue weighted by molar-refractivity contribution is -0.116. The maximum Gasteiger partial charge on any atom is 0.254 e. The second kappa shape index (κ2) is 12.5. The Balaban J connectivity index is 1.56. The van der Waals surface area contributed by atoms with Gasteiger partial charge in [0.2, 0.25) is 0 Å². The number of allylic oxidation sites excluding steroid dienone is 3. The summed E-state index contributed by atoms with van der Waals surface area (Å²) in [5.41, 5.74) is 4.59. The lowest BCUT2D eigenvalue weighted by Crippen LogP contribution is -2.37. The first-order valence-electron chi connectivity index (χ1n) is 14.1. The number of ketones is 1. The maximum absolute atomic E-state index is 14.1.